The summed E-state index contributed by atoms with van der Waals surface area (Å²) in [6.45, 7) is 4.51. The molecule has 2 bridgehead atoms. The van der Waals surface area contributed by atoms with Gasteiger partial charge in [0.25, 0.3) is 0 Å². The third kappa shape index (κ3) is 1.48. The van der Waals surface area contributed by atoms with E-state index in [2.05, 4.69) is 29.2 Å². The van der Waals surface area contributed by atoms with Gasteiger partial charge in [-0.3, -0.25) is 0 Å². The molecule has 2 N–H and O–H groups in total. The normalized spacial score (nSPS) is 32.9. The predicted molar refractivity (Wildman–Crippen MR) is 66.3 cm³/mol. The van der Waals surface area contributed by atoms with Gasteiger partial charge in [0.2, 0.25) is 0 Å². The Bertz CT molecular complexity index is 364. The Balaban J connectivity index is 2.01. The van der Waals surface area contributed by atoms with Gasteiger partial charge in [0.05, 0.1) is 0 Å². The third-order valence-corrected chi connectivity index (χ3v) is 4.53. The fraction of sp³-hybridized carbons (Fsp3) is 0.571. The van der Waals surface area contributed by atoms with E-state index in [1.165, 1.54) is 50.0 Å². The number of hydrogen-bond donors (Lipinski definition) is 1. The first-order valence-electron chi connectivity index (χ1n) is 6.35. The second-order valence-electron chi connectivity index (χ2n) is 5.23. The molecule has 86 valence electrons. The molecular weight excluding hydrogens is 196 g/mol. The number of nitrogens with zero attached hydrogens (tertiary/aromatic N) is 1. The molecule has 3 fully saturated rings. The van der Waals surface area contributed by atoms with E-state index in [9.17, 15) is 0 Å². The summed E-state index contributed by atoms with van der Waals surface area (Å²) in [7, 11) is 0. The average molecular weight is 216 g/mol. The molecule has 2 nitrogen and oxygen atoms in total. The SMILES string of the molecule is NCc1ccccc1C12CCN(CC1)CC2. The minimum absolute atomic E-state index is 0.449. The van der Waals surface area contributed by atoms with Crippen LogP contribution >= 0.6 is 0 Å². The fourth-order valence-electron chi connectivity index (χ4n) is 3.45. The average Bonchev–Trinajstić information content (AvgIpc) is 2.41. The first-order valence-corrected chi connectivity index (χ1v) is 6.35. The van der Waals surface area contributed by atoms with Crippen LogP contribution in [0.25, 0.3) is 0 Å². The van der Waals surface area contributed by atoms with E-state index in [0.29, 0.717) is 12.0 Å². The lowest BCUT2D eigenvalue weighted by Gasteiger charge is -2.49. The van der Waals surface area contributed by atoms with E-state index >= 15 is 0 Å². The monoisotopic (exact) mass is 216 g/mol. The molecule has 3 heterocycles. The van der Waals surface area contributed by atoms with Crippen LogP contribution < -0.4 is 5.73 Å². The molecule has 3 aliphatic heterocycles. The van der Waals surface area contributed by atoms with Gasteiger partial charge in [0.15, 0.2) is 0 Å². The van der Waals surface area contributed by atoms with Crippen LogP contribution in [0.1, 0.15) is 30.4 Å². The van der Waals surface area contributed by atoms with Gasteiger partial charge < -0.3 is 10.6 Å². The van der Waals surface area contributed by atoms with Crippen LogP contribution in [0.15, 0.2) is 24.3 Å². The van der Waals surface area contributed by atoms with E-state index in [0.717, 1.165) is 0 Å². The lowest BCUT2D eigenvalue weighted by molar-refractivity contribution is 0.0812. The molecule has 16 heavy (non-hydrogen) atoms. The summed E-state index contributed by atoms with van der Waals surface area (Å²) in [6, 6.07) is 8.79. The van der Waals surface area contributed by atoms with Crippen molar-refractivity contribution in [1.82, 2.24) is 4.90 Å². The van der Waals surface area contributed by atoms with E-state index in [4.69, 9.17) is 5.73 Å². The van der Waals surface area contributed by atoms with Crippen molar-refractivity contribution in [2.75, 3.05) is 19.6 Å². The van der Waals surface area contributed by atoms with Crippen LogP contribution in [0, 0.1) is 0 Å². The van der Waals surface area contributed by atoms with Crippen LogP contribution in [0.5, 0.6) is 0 Å². The van der Waals surface area contributed by atoms with Crippen molar-refractivity contribution in [1.29, 1.82) is 0 Å². The molecule has 0 atom stereocenters. The molecule has 0 aromatic heterocycles. The van der Waals surface area contributed by atoms with Crippen LogP contribution in [-0.4, -0.2) is 24.5 Å². The standard InChI is InChI=1S/C14H20N2/c15-11-12-3-1-2-4-13(12)14-5-8-16(9-6-14)10-7-14/h1-4H,5-11,15H2. The Morgan fingerprint density at radius 3 is 2.31 bits per heavy atom. The molecule has 0 radical (unpaired) electrons. The summed E-state index contributed by atoms with van der Waals surface area (Å²) in [5.41, 5.74) is 9.22. The second-order valence-corrected chi connectivity index (χ2v) is 5.23. The van der Waals surface area contributed by atoms with Crippen molar-refractivity contribution in [3.63, 3.8) is 0 Å². The maximum atomic E-state index is 5.87. The number of nitrogens with two attached hydrogens (primary N) is 1. The van der Waals surface area contributed by atoms with Gasteiger partial charge in [-0.15, -0.1) is 0 Å². The maximum absolute atomic E-state index is 5.87. The smallest absolute Gasteiger partial charge is 0.0181 e. The predicted octanol–water partition coefficient (Wildman–Crippen LogP) is 1.88. The number of benzene rings is 1. The van der Waals surface area contributed by atoms with E-state index < -0.39 is 0 Å². The Kier molecular flexibility index (Phi) is 2.49. The zero-order chi connectivity index (χ0) is 11.0. The lowest BCUT2D eigenvalue weighted by Crippen LogP contribution is -2.50. The van der Waals surface area contributed by atoms with E-state index in [1.54, 1.807) is 0 Å². The molecule has 0 spiro atoms. The number of rotatable bonds is 2. The highest BCUT2D eigenvalue weighted by molar-refractivity contribution is 5.35. The molecular formula is C14H20N2. The third-order valence-electron chi connectivity index (χ3n) is 4.53. The molecule has 2 heteroatoms. The Morgan fingerprint density at radius 2 is 1.69 bits per heavy atom. The van der Waals surface area contributed by atoms with Crippen molar-refractivity contribution < 1.29 is 0 Å². The zero-order valence-corrected chi connectivity index (χ0v) is 9.78. The molecule has 3 aliphatic rings. The Hall–Kier alpha value is -0.860. The topological polar surface area (TPSA) is 29.3 Å². The molecule has 0 amide bonds. The molecule has 1 aromatic carbocycles. The molecule has 4 rings (SSSR count). The van der Waals surface area contributed by atoms with Gasteiger partial charge in [-0.25, -0.2) is 0 Å². The molecule has 0 saturated carbocycles. The van der Waals surface area contributed by atoms with Crippen LogP contribution in [-0.2, 0) is 12.0 Å². The van der Waals surface area contributed by atoms with Crippen LogP contribution in [0.2, 0.25) is 0 Å². The summed E-state index contributed by atoms with van der Waals surface area (Å²) in [6.07, 6.45) is 3.97. The van der Waals surface area contributed by atoms with Gasteiger partial charge in [-0.1, -0.05) is 24.3 Å². The van der Waals surface area contributed by atoms with E-state index in [-0.39, 0.29) is 0 Å². The van der Waals surface area contributed by atoms with E-state index in [1.807, 2.05) is 0 Å². The minimum atomic E-state index is 0.449. The lowest BCUT2D eigenvalue weighted by atomic mass is 9.66. The highest BCUT2D eigenvalue weighted by Crippen LogP contribution is 2.43. The van der Waals surface area contributed by atoms with Gasteiger partial charge in [-0.05, 0) is 55.4 Å². The summed E-state index contributed by atoms with van der Waals surface area (Å²) in [4.78, 5) is 2.59. The van der Waals surface area contributed by atoms with Crippen molar-refractivity contribution in [2.24, 2.45) is 5.73 Å². The van der Waals surface area contributed by atoms with Crippen LogP contribution in [0.4, 0.5) is 0 Å². The molecule has 1 aromatic rings. The highest BCUT2D eigenvalue weighted by atomic mass is 15.1. The quantitative estimate of drug-likeness (QED) is 0.818. The van der Waals surface area contributed by atoms with Gasteiger partial charge >= 0.3 is 0 Å². The van der Waals surface area contributed by atoms with Crippen molar-refractivity contribution in [3.8, 4) is 0 Å². The fourth-order valence-corrected chi connectivity index (χ4v) is 3.45. The van der Waals surface area contributed by atoms with Gasteiger partial charge in [-0.2, -0.15) is 0 Å². The summed E-state index contributed by atoms with van der Waals surface area (Å²) >= 11 is 0. The molecule has 0 unspecified atom stereocenters. The number of fused-ring (bicyclic) bond motifs is 3. The summed E-state index contributed by atoms with van der Waals surface area (Å²) < 4.78 is 0. The number of hydrogen-bond acceptors (Lipinski definition) is 2. The van der Waals surface area contributed by atoms with Gasteiger partial charge in [0, 0.05) is 6.54 Å². The van der Waals surface area contributed by atoms with Crippen LogP contribution in [0.3, 0.4) is 0 Å². The van der Waals surface area contributed by atoms with Crippen molar-refractivity contribution in [3.05, 3.63) is 35.4 Å². The minimum Gasteiger partial charge on any atom is -0.326 e. The Morgan fingerprint density at radius 1 is 1.06 bits per heavy atom. The Labute approximate surface area is 97.4 Å². The first-order chi connectivity index (χ1) is 7.84. The zero-order valence-electron chi connectivity index (χ0n) is 9.78. The largest absolute Gasteiger partial charge is 0.326 e. The first kappa shape index (κ1) is 10.3. The second kappa shape index (κ2) is 3.86. The number of piperidine rings is 3. The molecule has 0 aliphatic carbocycles. The van der Waals surface area contributed by atoms with Crippen molar-refractivity contribution >= 4 is 0 Å². The maximum Gasteiger partial charge on any atom is 0.0181 e. The summed E-state index contributed by atoms with van der Waals surface area (Å²) in [5, 5.41) is 0. The molecule has 3 saturated heterocycles. The van der Waals surface area contributed by atoms with Gasteiger partial charge in [0.1, 0.15) is 0 Å². The summed E-state index contributed by atoms with van der Waals surface area (Å²) in [5.74, 6) is 0. The highest BCUT2D eigenvalue weighted by Gasteiger charge is 2.41. The van der Waals surface area contributed by atoms with Crippen molar-refractivity contribution in [2.45, 2.75) is 31.2 Å².